The molecule has 0 bridgehead atoms. The summed E-state index contributed by atoms with van der Waals surface area (Å²) >= 11 is 0. The van der Waals surface area contributed by atoms with Crippen LogP contribution in [0.5, 0.6) is 0 Å². The van der Waals surface area contributed by atoms with Crippen LogP contribution < -0.4 is 0 Å². The lowest BCUT2D eigenvalue weighted by Gasteiger charge is -2.36. The topological polar surface area (TPSA) is 23.8 Å². The van der Waals surface area contributed by atoms with Crippen molar-refractivity contribution in [1.29, 1.82) is 5.26 Å². The number of hydrogen-bond acceptors (Lipinski definition) is 1. The molecular weight excluding hydrogens is 194 g/mol. The van der Waals surface area contributed by atoms with Crippen LogP contribution in [0, 0.1) is 35.0 Å². The van der Waals surface area contributed by atoms with E-state index in [1.807, 2.05) is 0 Å². The van der Waals surface area contributed by atoms with Gasteiger partial charge in [0.25, 0.3) is 0 Å². The van der Waals surface area contributed by atoms with E-state index >= 15 is 0 Å². The van der Waals surface area contributed by atoms with Gasteiger partial charge in [0.05, 0.1) is 6.07 Å². The van der Waals surface area contributed by atoms with Gasteiger partial charge in [-0.15, -0.1) is 6.58 Å². The van der Waals surface area contributed by atoms with Crippen LogP contribution in [0.4, 0.5) is 0 Å². The van der Waals surface area contributed by atoms with Crippen molar-refractivity contribution in [3.8, 4) is 6.07 Å². The van der Waals surface area contributed by atoms with Crippen LogP contribution in [-0.2, 0) is 0 Å². The molecule has 0 radical (unpaired) electrons. The second-order valence-corrected chi connectivity index (χ2v) is 5.65. The van der Waals surface area contributed by atoms with E-state index in [9.17, 15) is 0 Å². The van der Waals surface area contributed by atoms with Crippen LogP contribution in [0.15, 0.2) is 12.7 Å². The Hall–Kier alpha value is -0.770. The fraction of sp³-hybridized carbons (Fsp3) is 0.800. The molecule has 0 N–H and O–H groups in total. The van der Waals surface area contributed by atoms with Crippen molar-refractivity contribution in [2.45, 2.75) is 51.4 Å². The van der Waals surface area contributed by atoms with E-state index in [2.05, 4.69) is 18.7 Å². The zero-order valence-electron chi connectivity index (χ0n) is 10.2. The van der Waals surface area contributed by atoms with E-state index in [0.717, 1.165) is 30.6 Å². The molecule has 16 heavy (non-hydrogen) atoms. The first kappa shape index (κ1) is 11.7. The van der Waals surface area contributed by atoms with Gasteiger partial charge in [0.15, 0.2) is 0 Å². The Morgan fingerprint density at radius 3 is 1.81 bits per heavy atom. The molecule has 2 aliphatic rings. The van der Waals surface area contributed by atoms with Crippen LogP contribution in [0.2, 0.25) is 0 Å². The van der Waals surface area contributed by atoms with Crippen molar-refractivity contribution in [2.75, 3.05) is 0 Å². The number of nitriles is 1. The van der Waals surface area contributed by atoms with Crippen molar-refractivity contribution < 1.29 is 0 Å². The Balaban J connectivity index is 1.78. The molecule has 88 valence electrons. The first-order valence-electron chi connectivity index (χ1n) is 6.85. The van der Waals surface area contributed by atoms with Gasteiger partial charge in [0, 0.05) is 5.92 Å². The van der Waals surface area contributed by atoms with Gasteiger partial charge in [-0.05, 0) is 69.1 Å². The lowest BCUT2D eigenvalue weighted by molar-refractivity contribution is 0.168. The minimum atomic E-state index is 0.362. The zero-order valence-corrected chi connectivity index (χ0v) is 10.2. The van der Waals surface area contributed by atoms with E-state index in [0.29, 0.717) is 5.92 Å². The van der Waals surface area contributed by atoms with Crippen molar-refractivity contribution in [1.82, 2.24) is 0 Å². The molecule has 2 rings (SSSR count). The third-order valence-electron chi connectivity index (χ3n) is 4.77. The van der Waals surface area contributed by atoms with Gasteiger partial charge in [-0.1, -0.05) is 6.08 Å². The SMILES string of the molecule is C=C[C@H]1CC[C@H](C2CCC(C#N)CC2)CC1. The van der Waals surface area contributed by atoms with E-state index < -0.39 is 0 Å². The fourth-order valence-corrected chi connectivity index (χ4v) is 3.57. The smallest absolute Gasteiger partial charge is 0.0655 e. The molecule has 0 unspecified atom stereocenters. The van der Waals surface area contributed by atoms with E-state index in [1.54, 1.807) is 0 Å². The molecule has 2 aliphatic carbocycles. The van der Waals surface area contributed by atoms with Crippen LogP contribution in [0.1, 0.15) is 51.4 Å². The van der Waals surface area contributed by atoms with Crippen molar-refractivity contribution in [2.24, 2.45) is 23.7 Å². The highest BCUT2D eigenvalue weighted by Crippen LogP contribution is 2.41. The number of rotatable bonds is 2. The molecule has 0 atom stereocenters. The summed E-state index contributed by atoms with van der Waals surface area (Å²) in [7, 11) is 0. The summed E-state index contributed by atoms with van der Waals surface area (Å²) in [6, 6.07) is 2.43. The van der Waals surface area contributed by atoms with E-state index in [1.165, 1.54) is 38.5 Å². The lowest BCUT2D eigenvalue weighted by atomic mass is 9.69. The van der Waals surface area contributed by atoms with Crippen LogP contribution in [-0.4, -0.2) is 0 Å². The number of nitrogens with zero attached hydrogens (tertiary/aromatic N) is 1. The predicted octanol–water partition coefficient (Wildman–Crippen LogP) is 4.31. The van der Waals surface area contributed by atoms with Crippen LogP contribution in [0.25, 0.3) is 0 Å². The van der Waals surface area contributed by atoms with E-state index in [-0.39, 0.29) is 0 Å². The molecule has 1 heteroatoms. The quantitative estimate of drug-likeness (QED) is 0.632. The van der Waals surface area contributed by atoms with Gasteiger partial charge in [0.1, 0.15) is 0 Å². The summed E-state index contributed by atoms with van der Waals surface area (Å²) in [6.07, 6.45) is 12.6. The highest BCUT2D eigenvalue weighted by Gasteiger charge is 2.29. The Bertz CT molecular complexity index is 260. The van der Waals surface area contributed by atoms with Crippen molar-refractivity contribution in [3.05, 3.63) is 12.7 Å². The van der Waals surface area contributed by atoms with Crippen molar-refractivity contribution in [3.63, 3.8) is 0 Å². The van der Waals surface area contributed by atoms with Gasteiger partial charge in [0.2, 0.25) is 0 Å². The molecule has 0 spiro atoms. The number of allylic oxidation sites excluding steroid dienone is 1. The summed E-state index contributed by atoms with van der Waals surface area (Å²) < 4.78 is 0. The molecule has 2 fully saturated rings. The minimum Gasteiger partial charge on any atom is -0.198 e. The summed E-state index contributed by atoms with van der Waals surface area (Å²) in [4.78, 5) is 0. The number of hydrogen-bond donors (Lipinski definition) is 0. The maximum Gasteiger partial charge on any atom is 0.0655 e. The normalized spacial score (nSPS) is 39.9. The Morgan fingerprint density at radius 2 is 1.38 bits per heavy atom. The van der Waals surface area contributed by atoms with Gasteiger partial charge >= 0.3 is 0 Å². The second-order valence-electron chi connectivity index (χ2n) is 5.65. The summed E-state index contributed by atoms with van der Waals surface area (Å²) in [5.41, 5.74) is 0. The summed E-state index contributed by atoms with van der Waals surface area (Å²) in [5, 5.41) is 8.89. The minimum absolute atomic E-state index is 0.362. The third-order valence-corrected chi connectivity index (χ3v) is 4.77. The molecule has 0 amide bonds. The van der Waals surface area contributed by atoms with Crippen LogP contribution >= 0.6 is 0 Å². The lowest BCUT2D eigenvalue weighted by Crippen LogP contribution is -2.25. The molecule has 0 saturated heterocycles. The van der Waals surface area contributed by atoms with Gasteiger partial charge in [-0.3, -0.25) is 0 Å². The largest absolute Gasteiger partial charge is 0.198 e. The van der Waals surface area contributed by atoms with Crippen molar-refractivity contribution >= 4 is 0 Å². The molecule has 0 aromatic rings. The molecule has 0 aromatic heterocycles. The highest BCUT2D eigenvalue weighted by atomic mass is 14.4. The average Bonchev–Trinajstić information content (AvgIpc) is 2.39. The summed E-state index contributed by atoms with van der Waals surface area (Å²) in [6.45, 7) is 3.91. The first-order valence-corrected chi connectivity index (χ1v) is 6.85. The zero-order chi connectivity index (χ0) is 11.4. The molecule has 0 heterocycles. The second kappa shape index (κ2) is 5.53. The Kier molecular flexibility index (Phi) is 4.04. The monoisotopic (exact) mass is 217 g/mol. The van der Waals surface area contributed by atoms with Gasteiger partial charge in [-0.25, -0.2) is 0 Å². The standard InChI is InChI=1S/C15H23N/c1-2-12-3-7-14(8-4-12)15-9-5-13(11-16)6-10-15/h2,12-15H,1,3-10H2/t12-,13?,14-,15?. The summed E-state index contributed by atoms with van der Waals surface area (Å²) in [5.74, 6) is 3.03. The maximum atomic E-state index is 8.89. The predicted molar refractivity (Wildman–Crippen MR) is 66.7 cm³/mol. The Morgan fingerprint density at radius 1 is 0.875 bits per heavy atom. The molecular formula is C15H23N. The molecule has 1 nitrogen and oxygen atoms in total. The third kappa shape index (κ3) is 2.67. The average molecular weight is 217 g/mol. The fourth-order valence-electron chi connectivity index (χ4n) is 3.57. The first-order chi connectivity index (χ1) is 7.83. The molecule has 0 aromatic carbocycles. The van der Waals surface area contributed by atoms with Gasteiger partial charge < -0.3 is 0 Å². The highest BCUT2D eigenvalue weighted by molar-refractivity contribution is 4.91. The van der Waals surface area contributed by atoms with Gasteiger partial charge in [-0.2, -0.15) is 5.26 Å². The van der Waals surface area contributed by atoms with E-state index in [4.69, 9.17) is 5.26 Å². The Labute approximate surface area is 99.5 Å². The maximum absolute atomic E-state index is 8.89. The van der Waals surface area contributed by atoms with Crippen LogP contribution in [0.3, 0.4) is 0 Å². The molecule has 2 saturated carbocycles. The molecule has 0 aliphatic heterocycles.